The summed E-state index contributed by atoms with van der Waals surface area (Å²) in [5, 5.41) is 14.6. The molecule has 0 unspecified atom stereocenters. The highest BCUT2D eigenvalue weighted by molar-refractivity contribution is 5.71. The lowest BCUT2D eigenvalue weighted by molar-refractivity contribution is -0.383. The Morgan fingerprint density at radius 2 is 2.08 bits per heavy atom. The lowest BCUT2D eigenvalue weighted by Crippen LogP contribution is -2.39. The highest BCUT2D eigenvalue weighted by Crippen LogP contribution is 2.35. The number of nitrogens with one attached hydrogen (secondary N) is 1. The Labute approximate surface area is 147 Å². The fraction of sp³-hybridized carbons (Fsp3) is 0.750. The number of anilines is 3. The molecule has 0 aliphatic carbocycles. The molecule has 2 aliphatic rings. The summed E-state index contributed by atoms with van der Waals surface area (Å²) in [5.41, 5.74) is 5.69. The number of hydrogen-bond acceptors (Lipinski definition) is 8. The minimum absolute atomic E-state index is 0.101. The van der Waals surface area contributed by atoms with Gasteiger partial charge in [-0.05, 0) is 31.1 Å². The zero-order chi connectivity index (χ0) is 18.0. The second kappa shape index (κ2) is 7.38. The van der Waals surface area contributed by atoms with Crippen molar-refractivity contribution in [3.05, 3.63) is 10.1 Å². The van der Waals surface area contributed by atoms with Crippen molar-refractivity contribution in [3.8, 4) is 0 Å². The Morgan fingerprint density at radius 3 is 2.68 bits per heavy atom. The lowest BCUT2D eigenvalue weighted by Gasteiger charge is -2.35. The summed E-state index contributed by atoms with van der Waals surface area (Å²) in [4.78, 5) is 21.5. The van der Waals surface area contributed by atoms with Crippen LogP contribution in [0, 0.1) is 22.0 Å². The van der Waals surface area contributed by atoms with Crippen LogP contribution < -0.4 is 16.0 Å². The van der Waals surface area contributed by atoms with Crippen molar-refractivity contribution in [1.82, 2.24) is 9.97 Å². The maximum absolute atomic E-state index is 11.5. The number of aromatic nitrogens is 2. The molecule has 3 rings (SSSR count). The van der Waals surface area contributed by atoms with Crippen LogP contribution in [-0.4, -0.2) is 47.2 Å². The van der Waals surface area contributed by atoms with E-state index in [9.17, 15) is 10.1 Å². The molecular formula is C16H26N6O3. The van der Waals surface area contributed by atoms with Crippen molar-refractivity contribution < 1.29 is 9.66 Å². The van der Waals surface area contributed by atoms with E-state index in [1.165, 1.54) is 0 Å². The van der Waals surface area contributed by atoms with Crippen LogP contribution in [0.5, 0.6) is 0 Å². The standard InChI is InChI=1S/C16H26N6O3/c1-10-6-11(2)9-21(8-10)15-13(22(23)24)14(17)19-16(20-15)18-7-12-4-3-5-25-12/h10-12H,3-9H2,1-2H3,(H3,17,18,19,20)/t10-,11+,12-/m0/s1. The monoisotopic (exact) mass is 350 g/mol. The third-order valence-corrected chi connectivity index (χ3v) is 4.76. The normalized spacial score (nSPS) is 26.6. The number of ether oxygens (including phenoxy) is 1. The number of nitro groups is 1. The predicted octanol–water partition coefficient (Wildman–Crippen LogP) is 2.04. The van der Waals surface area contributed by atoms with Crippen molar-refractivity contribution in [2.45, 2.75) is 39.2 Å². The molecule has 1 aromatic heterocycles. The Kier molecular flexibility index (Phi) is 5.22. The fourth-order valence-electron chi connectivity index (χ4n) is 3.78. The Hall–Kier alpha value is -2.16. The molecule has 2 saturated heterocycles. The zero-order valence-electron chi connectivity index (χ0n) is 14.8. The first-order valence-electron chi connectivity index (χ1n) is 8.86. The van der Waals surface area contributed by atoms with E-state index >= 15 is 0 Å². The van der Waals surface area contributed by atoms with Crippen LogP contribution in [0.4, 0.5) is 23.3 Å². The smallest absolute Gasteiger partial charge is 0.353 e. The van der Waals surface area contributed by atoms with E-state index in [-0.39, 0.29) is 17.6 Å². The van der Waals surface area contributed by atoms with E-state index in [1.54, 1.807) is 0 Å². The van der Waals surface area contributed by atoms with Crippen molar-refractivity contribution >= 4 is 23.3 Å². The highest BCUT2D eigenvalue weighted by Gasteiger charge is 2.31. The number of nitrogens with two attached hydrogens (primary N) is 1. The largest absolute Gasteiger partial charge is 0.378 e. The van der Waals surface area contributed by atoms with E-state index in [0.29, 0.717) is 30.1 Å². The van der Waals surface area contributed by atoms with E-state index in [1.807, 2.05) is 4.90 Å². The second-order valence-electron chi connectivity index (χ2n) is 7.23. The minimum Gasteiger partial charge on any atom is -0.378 e. The first-order valence-corrected chi connectivity index (χ1v) is 8.86. The Morgan fingerprint density at radius 1 is 1.36 bits per heavy atom. The van der Waals surface area contributed by atoms with Gasteiger partial charge >= 0.3 is 5.69 Å². The molecule has 3 heterocycles. The topological polar surface area (TPSA) is 119 Å². The van der Waals surface area contributed by atoms with Crippen LogP contribution in [0.1, 0.15) is 33.1 Å². The van der Waals surface area contributed by atoms with Gasteiger partial charge in [0.15, 0.2) is 0 Å². The molecule has 2 fully saturated rings. The quantitative estimate of drug-likeness (QED) is 0.611. The van der Waals surface area contributed by atoms with Gasteiger partial charge in [-0.2, -0.15) is 9.97 Å². The summed E-state index contributed by atoms with van der Waals surface area (Å²) >= 11 is 0. The molecule has 3 N–H and O–H groups in total. The van der Waals surface area contributed by atoms with Gasteiger partial charge < -0.3 is 20.7 Å². The number of nitrogens with zero attached hydrogens (tertiary/aromatic N) is 4. The summed E-state index contributed by atoms with van der Waals surface area (Å²) in [6, 6.07) is 0. The molecule has 0 amide bonds. The van der Waals surface area contributed by atoms with Crippen LogP contribution in [0.2, 0.25) is 0 Å². The first kappa shape index (κ1) is 17.7. The van der Waals surface area contributed by atoms with E-state index < -0.39 is 4.92 Å². The van der Waals surface area contributed by atoms with Crippen molar-refractivity contribution in [1.29, 1.82) is 0 Å². The van der Waals surface area contributed by atoms with Gasteiger partial charge in [-0.25, -0.2) is 0 Å². The van der Waals surface area contributed by atoms with Crippen LogP contribution in [0.15, 0.2) is 0 Å². The molecule has 0 bridgehead atoms. The van der Waals surface area contributed by atoms with E-state index in [4.69, 9.17) is 10.5 Å². The van der Waals surface area contributed by atoms with Gasteiger partial charge in [-0.1, -0.05) is 13.8 Å². The van der Waals surface area contributed by atoms with Gasteiger partial charge in [0.25, 0.3) is 0 Å². The molecule has 9 nitrogen and oxygen atoms in total. The molecule has 25 heavy (non-hydrogen) atoms. The second-order valence-corrected chi connectivity index (χ2v) is 7.23. The lowest BCUT2D eigenvalue weighted by atomic mass is 9.92. The Balaban J connectivity index is 1.86. The predicted molar refractivity (Wildman–Crippen MR) is 95.7 cm³/mol. The van der Waals surface area contributed by atoms with Crippen molar-refractivity contribution in [2.24, 2.45) is 11.8 Å². The summed E-state index contributed by atoms with van der Waals surface area (Å²) in [6.07, 6.45) is 3.27. The summed E-state index contributed by atoms with van der Waals surface area (Å²) in [5.74, 6) is 1.42. The van der Waals surface area contributed by atoms with Crippen LogP contribution >= 0.6 is 0 Å². The minimum atomic E-state index is -0.488. The molecule has 0 saturated carbocycles. The van der Waals surface area contributed by atoms with E-state index in [0.717, 1.165) is 39.0 Å². The fourth-order valence-corrected chi connectivity index (χ4v) is 3.78. The summed E-state index contributed by atoms with van der Waals surface area (Å²) in [6.45, 7) is 7.10. The molecule has 0 spiro atoms. The molecule has 0 aromatic carbocycles. The summed E-state index contributed by atoms with van der Waals surface area (Å²) < 4.78 is 5.57. The SMILES string of the molecule is C[C@@H]1C[C@H](C)CN(c2nc(NC[C@@H]3CCCO3)nc(N)c2[N+](=O)[O-])C1. The van der Waals surface area contributed by atoms with Crippen molar-refractivity contribution in [2.75, 3.05) is 42.2 Å². The maximum atomic E-state index is 11.5. The molecule has 2 aliphatic heterocycles. The third kappa shape index (κ3) is 4.09. The van der Waals surface area contributed by atoms with E-state index in [2.05, 4.69) is 29.1 Å². The molecule has 1 aromatic rings. The summed E-state index contributed by atoms with van der Waals surface area (Å²) in [7, 11) is 0. The molecular weight excluding hydrogens is 324 g/mol. The van der Waals surface area contributed by atoms with Gasteiger partial charge in [-0.3, -0.25) is 10.1 Å². The van der Waals surface area contributed by atoms with Gasteiger partial charge in [0, 0.05) is 26.2 Å². The molecule has 138 valence electrons. The van der Waals surface area contributed by atoms with Crippen LogP contribution in [0.3, 0.4) is 0 Å². The molecule has 0 radical (unpaired) electrons. The average molecular weight is 350 g/mol. The first-order chi connectivity index (χ1) is 11.9. The van der Waals surface area contributed by atoms with Gasteiger partial charge in [0.2, 0.25) is 17.6 Å². The number of piperidine rings is 1. The van der Waals surface area contributed by atoms with Gasteiger partial charge in [-0.15, -0.1) is 0 Å². The van der Waals surface area contributed by atoms with Gasteiger partial charge in [0.05, 0.1) is 11.0 Å². The number of hydrogen-bond donors (Lipinski definition) is 2. The molecule has 9 heteroatoms. The maximum Gasteiger partial charge on any atom is 0.353 e. The number of nitrogen functional groups attached to an aromatic ring is 1. The molecule has 3 atom stereocenters. The highest BCUT2D eigenvalue weighted by atomic mass is 16.6. The van der Waals surface area contributed by atoms with Crippen LogP contribution in [-0.2, 0) is 4.74 Å². The Bertz CT molecular complexity index is 625. The zero-order valence-corrected chi connectivity index (χ0v) is 14.8. The number of rotatable bonds is 5. The van der Waals surface area contributed by atoms with Crippen LogP contribution in [0.25, 0.3) is 0 Å². The third-order valence-electron chi connectivity index (χ3n) is 4.76. The van der Waals surface area contributed by atoms with Gasteiger partial charge in [0.1, 0.15) is 0 Å². The van der Waals surface area contributed by atoms with Crippen molar-refractivity contribution in [3.63, 3.8) is 0 Å². The average Bonchev–Trinajstić information content (AvgIpc) is 3.04.